The van der Waals surface area contributed by atoms with E-state index in [0.717, 1.165) is 17.7 Å². The lowest BCUT2D eigenvalue weighted by Gasteiger charge is -2.09. The fraction of sp³-hybridized carbons (Fsp3) is 0.111. The molecule has 8 heteroatoms. The van der Waals surface area contributed by atoms with E-state index in [1.165, 1.54) is 12.1 Å². The summed E-state index contributed by atoms with van der Waals surface area (Å²) in [4.78, 5) is 12.2. The molecular weight excluding hydrogens is 367 g/mol. The Morgan fingerprint density at radius 1 is 1.12 bits per heavy atom. The Kier molecular flexibility index (Phi) is 4.99. The third-order valence-electron chi connectivity index (χ3n) is 3.65. The lowest BCUT2D eigenvalue weighted by molar-refractivity contribution is -0.137. The number of alkyl halides is 3. The highest BCUT2D eigenvalue weighted by molar-refractivity contribution is 6.30. The summed E-state index contributed by atoms with van der Waals surface area (Å²) >= 11 is 5.93. The zero-order chi connectivity index (χ0) is 18.7. The summed E-state index contributed by atoms with van der Waals surface area (Å²) in [5.74, 6) is -0.469. The molecule has 0 aliphatic carbocycles. The lowest BCUT2D eigenvalue weighted by atomic mass is 10.1. The number of nitrogens with zero attached hydrogens (tertiary/aromatic N) is 1. The summed E-state index contributed by atoms with van der Waals surface area (Å²) in [6, 6.07) is 13.3. The molecule has 1 amide bonds. The van der Waals surface area contributed by atoms with Gasteiger partial charge in [-0.2, -0.15) is 18.3 Å². The number of benzene rings is 2. The van der Waals surface area contributed by atoms with Gasteiger partial charge in [0.25, 0.3) is 5.91 Å². The van der Waals surface area contributed by atoms with Gasteiger partial charge in [-0.15, -0.1) is 0 Å². The van der Waals surface area contributed by atoms with E-state index in [-0.39, 0.29) is 12.2 Å². The Balaban J connectivity index is 1.68. The SMILES string of the molecule is O=C(NCc1cccc(C(F)(F)F)c1)c1cc(-c2cccc(Cl)c2)n[nH]1. The first-order valence-corrected chi connectivity index (χ1v) is 7.96. The van der Waals surface area contributed by atoms with Gasteiger partial charge in [0, 0.05) is 17.1 Å². The summed E-state index contributed by atoms with van der Waals surface area (Å²) in [6.45, 7) is -0.0335. The predicted molar refractivity (Wildman–Crippen MR) is 91.6 cm³/mol. The van der Waals surface area contributed by atoms with Crippen molar-refractivity contribution in [2.75, 3.05) is 0 Å². The number of hydrogen-bond acceptors (Lipinski definition) is 2. The fourth-order valence-electron chi connectivity index (χ4n) is 2.37. The number of hydrogen-bond donors (Lipinski definition) is 2. The first-order valence-electron chi connectivity index (χ1n) is 7.58. The van der Waals surface area contributed by atoms with E-state index in [1.807, 2.05) is 0 Å². The van der Waals surface area contributed by atoms with Crippen LogP contribution in [0, 0.1) is 0 Å². The summed E-state index contributed by atoms with van der Waals surface area (Å²) in [7, 11) is 0. The van der Waals surface area contributed by atoms with Crippen LogP contribution >= 0.6 is 11.6 Å². The maximum Gasteiger partial charge on any atom is 0.416 e. The van der Waals surface area contributed by atoms with Crippen LogP contribution in [-0.4, -0.2) is 16.1 Å². The van der Waals surface area contributed by atoms with Gasteiger partial charge in [-0.05, 0) is 35.9 Å². The first-order chi connectivity index (χ1) is 12.3. The number of halogens is 4. The summed E-state index contributed by atoms with van der Waals surface area (Å²) in [5, 5.41) is 9.78. The molecule has 0 aliphatic rings. The van der Waals surface area contributed by atoms with Crippen LogP contribution in [0.2, 0.25) is 5.02 Å². The Bertz CT molecular complexity index is 937. The topological polar surface area (TPSA) is 57.8 Å². The minimum absolute atomic E-state index is 0.0335. The second-order valence-corrected chi connectivity index (χ2v) is 5.99. The quantitative estimate of drug-likeness (QED) is 0.691. The molecule has 0 atom stereocenters. The molecule has 3 rings (SSSR count). The number of H-pyrrole nitrogens is 1. The minimum atomic E-state index is -4.42. The van der Waals surface area contributed by atoms with Crippen molar-refractivity contribution in [3.63, 3.8) is 0 Å². The van der Waals surface area contributed by atoms with Gasteiger partial charge < -0.3 is 5.32 Å². The summed E-state index contributed by atoms with van der Waals surface area (Å²) < 4.78 is 38.1. The molecule has 4 nitrogen and oxygen atoms in total. The number of aromatic nitrogens is 2. The van der Waals surface area contributed by atoms with Crippen molar-refractivity contribution >= 4 is 17.5 Å². The van der Waals surface area contributed by atoms with Crippen molar-refractivity contribution in [2.45, 2.75) is 12.7 Å². The number of carbonyl (C=O) groups excluding carboxylic acids is 1. The number of aromatic amines is 1. The molecule has 0 fully saturated rings. The second kappa shape index (κ2) is 7.21. The fourth-order valence-corrected chi connectivity index (χ4v) is 2.56. The zero-order valence-corrected chi connectivity index (χ0v) is 14.0. The van der Waals surface area contributed by atoms with Crippen LogP contribution in [-0.2, 0) is 12.7 Å². The number of carbonyl (C=O) groups is 1. The Morgan fingerprint density at radius 3 is 2.62 bits per heavy atom. The number of nitrogens with one attached hydrogen (secondary N) is 2. The average molecular weight is 380 g/mol. The summed E-state index contributed by atoms with van der Waals surface area (Å²) in [5.41, 5.74) is 1.08. The molecule has 2 N–H and O–H groups in total. The highest BCUT2D eigenvalue weighted by Crippen LogP contribution is 2.29. The molecule has 3 aromatic rings. The molecule has 0 radical (unpaired) electrons. The van der Waals surface area contributed by atoms with Crippen molar-refractivity contribution in [1.82, 2.24) is 15.5 Å². The van der Waals surface area contributed by atoms with Gasteiger partial charge >= 0.3 is 6.18 Å². The average Bonchev–Trinajstić information content (AvgIpc) is 3.09. The maximum absolute atomic E-state index is 12.7. The molecule has 0 spiro atoms. The smallest absolute Gasteiger partial charge is 0.347 e. The molecular formula is C18H13ClF3N3O. The van der Waals surface area contributed by atoms with Gasteiger partial charge in [-0.25, -0.2) is 0 Å². The van der Waals surface area contributed by atoms with Gasteiger partial charge in [0.2, 0.25) is 0 Å². The largest absolute Gasteiger partial charge is 0.416 e. The third-order valence-corrected chi connectivity index (χ3v) is 3.89. The summed E-state index contributed by atoms with van der Waals surface area (Å²) in [6.07, 6.45) is -4.42. The van der Waals surface area contributed by atoms with Crippen LogP contribution in [0.15, 0.2) is 54.6 Å². The molecule has 0 aliphatic heterocycles. The molecule has 0 bridgehead atoms. The molecule has 0 saturated heterocycles. The normalized spacial score (nSPS) is 11.4. The molecule has 26 heavy (non-hydrogen) atoms. The van der Waals surface area contributed by atoms with Gasteiger partial charge in [-0.1, -0.05) is 35.9 Å². The van der Waals surface area contributed by atoms with Crippen molar-refractivity contribution < 1.29 is 18.0 Å². The van der Waals surface area contributed by atoms with E-state index in [1.54, 1.807) is 30.3 Å². The monoisotopic (exact) mass is 379 g/mol. The van der Waals surface area contributed by atoms with E-state index in [4.69, 9.17) is 11.6 Å². The standard InChI is InChI=1S/C18H13ClF3N3O/c19-14-6-2-4-12(8-14)15-9-16(25-24-15)17(26)23-10-11-3-1-5-13(7-11)18(20,21)22/h1-9H,10H2,(H,23,26)(H,24,25). The van der Waals surface area contributed by atoms with Gasteiger partial charge in [-0.3, -0.25) is 9.89 Å². The van der Waals surface area contributed by atoms with Crippen molar-refractivity contribution in [2.24, 2.45) is 0 Å². The predicted octanol–water partition coefficient (Wildman–Crippen LogP) is 4.68. The van der Waals surface area contributed by atoms with Crippen molar-refractivity contribution in [1.29, 1.82) is 0 Å². The molecule has 1 heterocycles. The minimum Gasteiger partial charge on any atom is -0.347 e. The van der Waals surface area contributed by atoms with E-state index in [0.29, 0.717) is 16.3 Å². The van der Waals surface area contributed by atoms with Crippen molar-refractivity contribution in [3.8, 4) is 11.3 Å². The van der Waals surface area contributed by atoms with Crippen LogP contribution in [0.25, 0.3) is 11.3 Å². The van der Waals surface area contributed by atoms with E-state index in [9.17, 15) is 18.0 Å². The lowest BCUT2D eigenvalue weighted by Crippen LogP contribution is -2.23. The molecule has 0 unspecified atom stereocenters. The van der Waals surface area contributed by atoms with Crippen LogP contribution in [0.4, 0.5) is 13.2 Å². The first kappa shape index (κ1) is 18.0. The maximum atomic E-state index is 12.7. The second-order valence-electron chi connectivity index (χ2n) is 5.56. The molecule has 2 aromatic carbocycles. The Morgan fingerprint density at radius 2 is 1.88 bits per heavy atom. The van der Waals surface area contributed by atoms with Gasteiger partial charge in [0.1, 0.15) is 5.69 Å². The Labute approximate surface area is 152 Å². The van der Waals surface area contributed by atoms with E-state index in [2.05, 4.69) is 15.5 Å². The zero-order valence-electron chi connectivity index (χ0n) is 13.3. The van der Waals surface area contributed by atoms with E-state index < -0.39 is 17.6 Å². The van der Waals surface area contributed by atoms with Crippen molar-refractivity contribution in [3.05, 3.63) is 76.4 Å². The van der Waals surface area contributed by atoms with Gasteiger partial charge in [0.05, 0.1) is 11.3 Å². The molecule has 1 aromatic heterocycles. The van der Waals surface area contributed by atoms with E-state index >= 15 is 0 Å². The molecule has 134 valence electrons. The third kappa shape index (κ3) is 4.23. The van der Waals surface area contributed by atoms with Crippen LogP contribution in [0.1, 0.15) is 21.6 Å². The highest BCUT2D eigenvalue weighted by atomic mass is 35.5. The highest BCUT2D eigenvalue weighted by Gasteiger charge is 2.30. The van der Waals surface area contributed by atoms with Crippen LogP contribution in [0.3, 0.4) is 0 Å². The number of rotatable bonds is 4. The van der Waals surface area contributed by atoms with Crippen LogP contribution < -0.4 is 5.32 Å². The van der Waals surface area contributed by atoms with Crippen LogP contribution in [0.5, 0.6) is 0 Å². The Hall–Kier alpha value is -2.80. The molecule has 0 saturated carbocycles. The number of amides is 1. The van der Waals surface area contributed by atoms with Gasteiger partial charge in [0.15, 0.2) is 0 Å².